The molecule has 0 aliphatic heterocycles. The second-order valence-electron chi connectivity index (χ2n) is 6.62. The fourth-order valence-corrected chi connectivity index (χ4v) is 6.09. The van der Waals surface area contributed by atoms with E-state index in [1.807, 2.05) is 24.3 Å². The number of esters is 2. The normalized spacial score (nSPS) is 11.6. The van der Waals surface area contributed by atoms with Gasteiger partial charge >= 0.3 is 11.9 Å². The van der Waals surface area contributed by atoms with Crippen LogP contribution >= 0.6 is 11.3 Å². The molecule has 2 heterocycles. The van der Waals surface area contributed by atoms with Crippen molar-refractivity contribution < 1.29 is 31.9 Å². The number of ether oxygens (including phenoxy) is 2. The summed E-state index contributed by atoms with van der Waals surface area (Å²) in [5.74, 6) is -1.60. The highest BCUT2D eigenvalue weighted by Gasteiger charge is 2.32. The smallest absolute Gasteiger partial charge is 0.348 e. The molecule has 0 saturated heterocycles. The Balaban J connectivity index is 1.81. The summed E-state index contributed by atoms with van der Waals surface area (Å²) in [5.41, 5.74) is 1.55. The molecule has 0 amide bonds. The van der Waals surface area contributed by atoms with E-state index in [0.29, 0.717) is 22.5 Å². The zero-order chi connectivity index (χ0) is 22.3. The Hall–Kier alpha value is -3.37. The van der Waals surface area contributed by atoms with E-state index in [1.54, 1.807) is 18.2 Å². The van der Waals surface area contributed by atoms with Gasteiger partial charge in [0.15, 0.2) is 4.21 Å². The Bertz CT molecular complexity index is 1450. The second kappa shape index (κ2) is 7.71. The van der Waals surface area contributed by atoms with Crippen LogP contribution < -0.4 is 4.72 Å². The number of sulfonamides is 1. The van der Waals surface area contributed by atoms with Crippen molar-refractivity contribution in [3.05, 3.63) is 58.5 Å². The van der Waals surface area contributed by atoms with E-state index in [4.69, 9.17) is 13.9 Å². The molecule has 31 heavy (non-hydrogen) atoms. The maximum Gasteiger partial charge on any atom is 0.348 e. The van der Waals surface area contributed by atoms with Crippen molar-refractivity contribution in [3.8, 4) is 0 Å². The van der Waals surface area contributed by atoms with Crippen molar-refractivity contribution in [2.24, 2.45) is 0 Å². The van der Waals surface area contributed by atoms with Crippen LogP contribution in [0, 0.1) is 6.92 Å². The first-order chi connectivity index (χ1) is 14.8. The molecule has 0 radical (unpaired) electrons. The molecule has 1 N–H and O–H groups in total. The predicted molar refractivity (Wildman–Crippen MR) is 116 cm³/mol. The zero-order valence-corrected chi connectivity index (χ0v) is 18.3. The Morgan fingerprint density at radius 3 is 2.35 bits per heavy atom. The molecule has 2 aromatic heterocycles. The molecule has 0 aliphatic rings. The van der Waals surface area contributed by atoms with Crippen molar-refractivity contribution in [1.82, 2.24) is 0 Å². The van der Waals surface area contributed by atoms with Gasteiger partial charge in [-0.2, -0.15) is 0 Å². The fourth-order valence-electron chi connectivity index (χ4n) is 3.29. The monoisotopic (exact) mass is 459 g/mol. The topological polar surface area (TPSA) is 112 Å². The lowest BCUT2D eigenvalue weighted by molar-refractivity contribution is 0.0596. The van der Waals surface area contributed by atoms with Crippen LogP contribution in [0.4, 0.5) is 5.69 Å². The van der Waals surface area contributed by atoms with E-state index in [-0.39, 0.29) is 25.9 Å². The number of carbonyl (C=O) groups is 2. The van der Waals surface area contributed by atoms with Crippen LogP contribution in [0.15, 0.2) is 51.1 Å². The van der Waals surface area contributed by atoms with Gasteiger partial charge in [-0.1, -0.05) is 18.2 Å². The average Bonchev–Trinajstić information content (AvgIpc) is 3.30. The van der Waals surface area contributed by atoms with Gasteiger partial charge in [-0.15, -0.1) is 11.3 Å². The molecule has 4 rings (SSSR count). The number of benzene rings is 2. The lowest BCUT2D eigenvalue weighted by Gasteiger charge is -2.08. The molecule has 0 atom stereocenters. The molecular formula is C21H17NO7S2. The van der Waals surface area contributed by atoms with Crippen LogP contribution in [-0.2, 0) is 19.5 Å². The van der Waals surface area contributed by atoms with Crippen LogP contribution in [0.3, 0.4) is 0 Å². The summed E-state index contributed by atoms with van der Waals surface area (Å²) in [5, 5.41) is 1.58. The summed E-state index contributed by atoms with van der Waals surface area (Å²) in [6.07, 6.45) is 0. The minimum Gasteiger partial charge on any atom is -0.465 e. The Morgan fingerprint density at radius 2 is 1.65 bits per heavy atom. The first kappa shape index (κ1) is 20.9. The molecule has 160 valence electrons. The third kappa shape index (κ3) is 3.53. The second-order valence-corrected chi connectivity index (χ2v) is 9.51. The SMILES string of the molecule is COC(=O)c1sc(S(=O)(=O)Nc2ccc3oc4ccccc4c3c2)c(C(=O)OC)c1C. The van der Waals surface area contributed by atoms with Crippen molar-refractivity contribution in [3.63, 3.8) is 0 Å². The van der Waals surface area contributed by atoms with Crippen LogP contribution in [-0.4, -0.2) is 34.6 Å². The Labute approximate surface area is 181 Å². The van der Waals surface area contributed by atoms with Crippen molar-refractivity contribution in [2.45, 2.75) is 11.1 Å². The summed E-state index contributed by atoms with van der Waals surface area (Å²) in [4.78, 5) is 24.4. The molecular weight excluding hydrogens is 442 g/mol. The largest absolute Gasteiger partial charge is 0.465 e. The van der Waals surface area contributed by atoms with Crippen LogP contribution in [0.5, 0.6) is 0 Å². The number of fused-ring (bicyclic) bond motifs is 3. The fraction of sp³-hybridized carbons (Fsp3) is 0.143. The van der Waals surface area contributed by atoms with E-state index >= 15 is 0 Å². The minimum absolute atomic E-state index is 0.0135. The molecule has 0 fully saturated rings. The van der Waals surface area contributed by atoms with Crippen LogP contribution in [0.1, 0.15) is 25.6 Å². The standard InChI is InChI=1S/C21H17NO7S2/c1-11-17(19(23)27-2)21(30-18(11)20(24)28-3)31(25,26)22-12-8-9-16-14(10-12)13-6-4-5-7-15(13)29-16/h4-10,22H,1-3H3. The van der Waals surface area contributed by atoms with Gasteiger partial charge in [0, 0.05) is 16.5 Å². The van der Waals surface area contributed by atoms with Crippen molar-refractivity contribution >= 4 is 60.9 Å². The first-order valence-electron chi connectivity index (χ1n) is 9.01. The van der Waals surface area contributed by atoms with E-state index in [0.717, 1.165) is 17.9 Å². The molecule has 4 aromatic rings. The van der Waals surface area contributed by atoms with Gasteiger partial charge in [0.05, 0.1) is 19.8 Å². The maximum atomic E-state index is 13.2. The highest BCUT2D eigenvalue weighted by molar-refractivity contribution is 7.94. The number of furan rings is 1. The Kier molecular flexibility index (Phi) is 5.19. The molecule has 0 spiro atoms. The highest BCUT2D eigenvalue weighted by atomic mass is 32.2. The number of para-hydroxylation sites is 1. The van der Waals surface area contributed by atoms with Gasteiger partial charge < -0.3 is 13.9 Å². The van der Waals surface area contributed by atoms with E-state index in [2.05, 4.69) is 4.72 Å². The maximum absolute atomic E-state index is 13.2. The summed E-state index contributed by atoms with van der Waals surface area (Å²) < 4.78 is 43.7. The lowest BCUT2D eigenvalue weighted by Crippen LogP contribution is -2.16. The van der Waals surface area contributed by atoms with E-state index in [9.17, 15) is 18.0 Å². The minimum atomic E-state index is -4.22. The molecule has 0 aliphatic carbocycles. The number of anilines is 1. The molecule has 0 unspecified atom stereocenters. The average molecular weight is 460 g/mol. The first-order valence-corrected chi connectivity index (χ1v) is 11.3. The van der Waals surface area contributed by atoms with Gasteiger partial charge in [0.2, 0.25) is 0 Å². The van der Waals surface area contributed by atoms with Gasteiger partial charge in [-0.3, -0.25) is 4.72 Å². The summed E-state index contributed by atoms with van der Waals surface area (Å²) in [7, 11) is -1.90. The highest BCUT2D eigenvalue weighted by Crippen LogP contribution is 2.35. The third-order valence-electron chi connectivity index (χ3n) is 4.75. The molecule has 0 saturated carbocycles. The van der Waals surface area contributed by atoms with Gasteiger partial charge in [-0.25, -0.2) is 18.0 Å². The van der Waals surface area contributed by atoms with Gasteiger partial charge in [0.25, 0.3) is 10.0 Å². The number of carbonyl (C=O) groups excluding carboxylic acids is 2. The van der Waals surface area contributed by atoms with E-state index in [1.165, 1.54) is 14.0 Å². The summed E-state index contributed by atoms with van der Waals surface area (Å²) in [6, 6.07) is 12.3. The number of methoxy groups -OCH3 is 2. The van der Waals surface area contributed by atoms with E-state index < -0.39 is 22.0 Å². The number of hydrogen-bond donors (Lipinski definition) is 1. The van der Waals surface area contributed by atoms with Crippen LogP contribution in [0.25, 0.3) is 21.9 Å². The number of rotatable bonds is 5. The molecule has 0 bridgehead atoms. The van der Waals surface area contributed by atoms with Gasteiger partial charge in [0.1, 0.15) is 16.0 Å². The molecule has 2 aromatic carbocycles. The summed E-state index contributed by atoms with van der Waals surface area (Å²) in [6.45, 7) is 1.47. The lowest BCUT2D eigenvalue weighted by atomic mass is 10.1. The van der Waals surface area contributed by atoms with Gasteiger partial charge in [-0.05, 0) is 36.8 Å². The number of thiophene rings is 1. The summed E-state index contributed by atoms with van der Waals surface area (Å²) >= 11 is 0.652. The zero-order valence-electron chi connectivity index (χ0n) is 16.7. The quantitative estimate of drug-likeness (QED) is 0.442. The van der Waals surface area contributed by atoms with Crippen LogP contribution in [0.2, 0.25) is 0 Å². The molecule has 8 nitrogen and oxygen atoms in total. The van der Waals surface area contributed by atoms with Crippen molar-refractivity contribution in [2.75, 3.05) is 18.9 Å². The van der Waals surface area contributed by atoms with Crippen molar-refractivity contribution in [1.29, 1.82) is 0 Å². The predicted octanol–water partition coefficient (Wildman–Crippen LogP) is 4.33. The number of hydrogen-bond acceptors (Lipinski definition) is 8. The molecule has 10 heteroatoms. The Morgan fingerprint density at radius 1 is 0.968 bits per heavy atom. The third-order valence-corrected chi connectivity index (χ3v) is 7.92. The number of nitrogens with one attached hydrogen (secondary N) is 1.